The molecular weight excluding hydrogens is 459 g/mol. The lowest BCUT2D eigenvalue weighted by Crippen LogP contribution is -2.64. The molecule has 8 rings (SSSR count). The Bertz CT molecular complexity index is 1680. The van der Waals surface area contributed by atoms with Crippen LogP contribution >= 0.6 is 0 Å². The molecule has 2 atom stereocenters. The highest BCUT2D eigenvalue weighted by Gasteiger charge is 2.58. The van der Waals surface area contributed by atoms with Crippen LogP contribution in [0, 0.1) is 0 Å². The van der Waals surface area contributed by atoms with Gasteiger partial charge in [0.2, 0.25) is 6.71 Å². The molecule has 2 unspecified atom stereocenters. The van der Waals surface area contributed by atoms with Crippen molar-refractivity contribution in [3.8, 4) is 0 Å². The maximum absolute atomic E-state index is 2.66. The highest BCUT2D eigenvalue weighted by atomic mass is 15.2. The van der Waals surface area contributed by atoms with E-state index in [1.807, 2.05) is 0 Å². The summed E-state index contributed by atoms with van der Waals surface area (Å²) in [4.78, 5) is 5.14. The summed E-state index contributed by atoms with van der Waals surface area (Å²) in [5.41, 5.74) is 12.2. The lowest BCUT2D eigenvalue weighted by molar-refractivity contribution is 0.427. The number of hydrogen-bond acceptors (Lipinski definition) is 2. The zero-order valence-electron chi connectivity index (χ0n) is 21.8. The molecule has 5 aromatic carbocycles. The first-order valence-corrected chi connectivity index (χ1v) is 13.7. The molecule has 0 aromatic heterocycles. The Morgan fingerprint density at radius 2 is 1.18 bits per heavy atom. The van der Waals surface area contributed by atoms with Crippen LogP contribution < -0.4 is 20.7 Å². The van der Waals surface area contributed by atoms with E-state index >= 15 is 0 Å². The zero-order chi connectivity index (χ0) is 25.4. The van der Waals surface area contributed by atoms with E-state index in [4.69, 9.17) is 0 Å². The quantitative estimate of drug-likeness (QED) is 0.242. The molecular formula is C35H29BN2. The minimum atomic E-state index is -0.0176. The van der Waals surface area contributed by atoms with Crippen LogP contribution in [0.4, 0.5) is 28.4 Å². The molecule has 0 fully saturated rings. The molecule has 0 N–H and O–H groups in total. The fraction of sp³-hybridized carbons (Fsp3) is 0.143. The lowest BCUT2D eigenvalue weighted by atomic mass is 9.28. The summed E-state index contributed by atoms with van der Waals surface area (Å²) < 4.78 is 0. The molecule has 0 radical (unpaired) electrons. The highest BCUT2D eigenvalue weighted by Crippen LogP contribution is 2.56. The number of fused-ring (bicyclic) bond motifs is 6. The van der Waals surface area contributed by atoms with Gasteiger partial charge in [-0.25, -0.2) is 0 Å². The van der Waals surface area contributed by atoms with Gasteiger partial charge in [-0.15, -0.1) is 0 Å². The van der Waals surface area contributed by atoms with Crippen LogP contribution in [0.1, 0.15) is 30.8 Å². The standard InChI is InChI=1S/C35H29BN2/c1-35(2)27-19-10-9-18-26(27)32-34(35)38(25-16-7-4-8-17-25)31-23-13-22-30-33(31)36(32)28-20-11-12-21-29(28)37(30)24-14-5-3-6-15-24/h3-23,32,34H,1-2H3. The second-order valence-corrected chi connectivity index (χ2v) is 11.4. The summed E-state index contributed by atoms with van der Waals surface area (Å²) in [6.07, 6.45) is 0. The second kappa shape index (κ2) is 7.88. The van der Waals surface area contributed by atoms with Crippen LogP contribution in [-0.2, 0) is 5.41 Å². The van der Waals surface area contributed by atoms with Gasteiger partial charge in [0.1, 0.15) is 0 Å². The van der Waals surface area contributed by atoms with E-state index in [0.717, 1.165) is 0 Å². The van der Waals surface area contributed by atoms with Gasteiger partial charge in [-0.1, -0.05) is 98.8 Å². The second-order valence-electron chi connectivity index (χ2n) is 11.4. The van der Waals surface area contributed by atoms with Crippen molar-refractivity contribution in [3.05, 3.63) is 139 Å². The molecule has 0 saturated carbocycles. The third kappa shape index (κ3) is 2.79. The van der Waals surface area contributed by atoms with Crippen molar-refractivity contribution >= 4 is 46.1 Å². The summed E-state index contributed by atoms with van der Waals surface area (Å²) in [5, 5.41) is 0. The minimum absolute atomic E-state index is 0.0176. The van der Waals surface area contributed by atoms with Gasteiger partial charge in [0.25, 0.3) is 0 Å². The van der Waals surface area contributed by atoms with Crippen LogP contribution in [0.2, 0.25) is 0 Å². The fourth-order valence-electron chi connectivity index (χ4n) is 7.77. The first-order chi connectivity index (χ1) is 18.7. The Hall–Kier alpha value is -4.24. The van der Waals surface area contributed by atoms with Gasteiger partial charge in [0, 0.05) is 39.9 Å². The molecule has 2 nitrogen and oxygen atoms in total. The normalized spacial score (nSPS) is 19.9. The number of hydrogen-bond donors (Lipinski definition) is 0. The van der Waals surface area contributed by atoms with Crippen molar-refractivity contribution in [1.29, 1.82) is 0 Å². The lowest BCUT2D eigenvalue weighted by Gasteiger charge is -2.51. The highest BCUT2D eigenvalue weighted by molar-refractivity contribution is 6.91. The summed E-state index contributed by atoms with van der Waals surface area (Å²) in [6, 6.07) is 47.4. The van der Waals surface area contributed by atoms with Gasteiger partial charge >= 0.3 is 0 Å². The van der Waals surface area contributed by atoms with E-state index in [-0.39, 0.29) is 12.1 Å². The number of benzene rings is 5. The van der Waals surface area contributed by atoms with E-state index in [0.29, 0.717) is 11.9 Å². The van der Waals surface area contributed by atoms with E-state index < -0.39 is 0 Å². The number of anilines is 5. The van der Waals surface area contributed by atoms with Gasteiger partial charge in [-0.2, -0.15) is 0 Å². The molecule has 5 aromatic rings. The van der Waals surface area contributed by atoms with Crippen LogP contribution in [0.15, 0.2) is 127 Å². The summed E-state index contributed by atoms with van der Waals surface area (Å²) in [7, 11) is 0. The molecule has 3 heteroatoms. The first-order valence-electron chi connectivity index (χ1n) is 13.7. The van der Waals surface area contributed by atoms with E-state index in [9.17, 15) is 0 Å². The Kier molecular flexibility index (Phi) is 4.52. The Balaban J connectivity index is 1.49. The third-order valence-electron chi connectivity index (χ3n) is 9.16. The molecule has 2 aliphatic heterocycles. The zero-order valence-corrected chi connectivity index (χ0v) is 21.8. The average Bonchev–Trinajstić information content (AvgIpc) is 3.21. The molecule has 2 heterocycles. The van der Waals surface area contributed by atoms with Gasteiger partial charge in [0.15, 0.2) is 0 Å². The Labute approximate surface area is 225 Å². The topological polar surface area (TPSA) is 6.48 Å². The molecule has 3 aliphatic rings. The van der Waals surface area contributed by atoms with E-state index in [2.05, 4.69) is 151 Å². The van der Waals surface area contributed by atoms with Crippen LogP contribution in [0.25, 0.3) is 0 Å². The SMILES string of the molecule is CC1(C)c2ccccc2C2B3c4ccccc4N(c4ccccc4)c4cccc(c43)N(c3ccccc3)C21. The van der Waals surface area contributed by atoms with Crippen molar-refractivity contribution in [3.63, 3.8) is 0 Å². The average molecular weight is 488 g/mol. The number of rotatable bonds is 2. The molecule has 0 spiro atoms. The smallest absolute Gasteiger partial charge is 0.227 e. The van der Waals surface area contributed by atoms with Crippen molar-refractivity contribution in [1.82, 2.24) is 0 Å². The molecule has 1 aliphatic carbocycles. The predicted octanol–water partition coefficient (Wildman–Crippen LogP) is 7.21. The predicted molar refractivity (Wildman–Crippen MR) is 161 cm³/mol. The van der Waals surface area contributed by atoms with Crippen LogP contribution in [0.3, 0.4) is 0 Å². The van der Waals surface area contributed by atoms with Gasteiger partial charge in [0.05, 0.1) is 0 Å². The van der Waals surface area contributed by atoms with E-state index in [1.165, 1.54) is 50.5 Å². The van der Waals surface area contributed by atoms with Crippen LogP contribution in [-0.4, -0.2) is 12.8 Å². The van der Waals surface area contributed by atoms with E-state index in [1.54, 1.807) is 0 Å². The molecule has 0 bridgehead atoms. The monoisotopic (exact) mass is 488 g/mol. The summed E-state index contributed by atoms with van der Waals surface area (Å²) >= 11 is 0. The minimum Gasteiger partial charge on any atom is -0.338 e. The van der Waals surface area contributed by atoms with Gasteiger partial charge in [-0.3, -0.25) is 0 Å². The van der Waals surface area contributed by atoms with Crippen LogP contribution in [0.5, 0.6) is 0 Å². The third-order valence-corrected chi connectivity index (χ3v) is 9.16. The van der Waals surface area contributed by atoms with Crippen molar-refractivity contribution in [2.75, 3.05) is 9.80 Å². The Morgan fingerprint density at radius 3 is 1.97 bits per heavy atom. The van der Waals surface area contributed by atoms with Crippen molar-refractivity contribution in [2.45, 2.75) is 31.1 Å². The molecule has 0 amide bonds. The maximum Gasteiger partial charge on any atom is 0.227 e. The first kappa shape index (κ1) is 21.8. The van der Waals surface area contributed by atoms with Crippen molar-refractivity contribution in [2.24, 2.45) is 0 Å². The fourth-order valence-corrected chi connectivity index (χ4v) is 7.77. The Morgan fingerprint density at radius 1 is 0.579 bits per heavy atom. The van der Waals surface area contributed by atoms with Gasteiger partial charge in [-0.05, 0) is 70.3 Å². The maximum atomic E-state index is 2.66. The number of nitrogens with zero attached hydrogens (tertiary/aromatic N) is 2. The number of para-hydroxylation sites is 3. The molecule has 38 heavy (non-hydrogen) atoms. The summed E-state index contributed by atoms with van der Waals surface area (Å²) in [6.45, 7) is 5.18. The van der Waals surface area contributed by atoms with Crippen molar-refractivity contribution < 1.29 is 0 Å². The summed E-state index contributed by atoms with van der Waals surface area (Å²) in [5.74, 6) is 0.342. The molecule has 182 valence electrons. The molecule has 0 saturated heterocycles. The van der Waals surface area contributed by atoms with Gasteiger partial charge < -0.3 is 9.80 Å². The largest absolute Gasteiger partial charge is 0.338 e.